The van der Waals surface area contributed by atoms with Gasteiger partial charge in [-0.2, -0.15) is 0 Å². The quantitative estimate of drug-likeness (QED) is 0.602. The van der Waals surface area contributed by atoms with Gasteiger partial charge < -0.3 is 24.8 Å². The van der Waals surface area contributed by atoms with Gasteiger partial charge in [0.25, 0.3) is 5.91 Å². The minimum absolute atomic E-state index is 0.0424. The summed E-state index contributed by atoms with van der Waals surface area (Å²) < 4.78 is 15.9. The highest BCUT2D eigenvalue weighted by molar-refractivity contribution is 6.10. The van der Waals surface area contributed by atoms with Crippen molar-refractivity contribution in [2.24, 2.45) is 0 Å². The Morgan fingerprint density at radius 2 is 1.56 bits per heavy atom. The topological polar surface area (TPSA) is 106 Å². The molecule has 9 heteroatoms. The Hall–Kier alpha value is -3.75. The molecule has 182 valence electrons. The lowest BCUT2D eigenvalue weighted by atomic mass is 9.84. The molecular formula is C25H31N3O6. The van der Waals surface area contributed by atoms with E-state index in [2.05, 4.69) is 31.4 Å². The zero-order valence-corrected chi connectivity index (χ0v) is 20.6. The van der Waals surface area contributed by atoms with E-state index in [1.54, 1.807) is 19.1 Å². The number of carbonyl (C=O) groups is 3. The number of hydrogen-bond acceptors (Lipinski definition) is 6. The molecule has 4 amide bonds. The Kier molecular flexibility index (Phi) is 6.77. The number of rotatable bonds is 7. The van der Waals surface area contributed by atoms with Crippen LogP contribution >= 0.6 is 0 Å². The van der Waals surface area contributed by atoms with Crippen LogP contribution in [0, 0.1) is 0 Å². The molecule has 1 aliphatic heterocycles. The number of nitrogens with zero attached hydrogens (tertiary/aromatic N) is 1. The molecule has 0 saturated carbocycles. The molecule has 1 saturated heterocycles. The highest BCUT2D eigenvalue weighted by Crippen LogP contribution is 2.40. The molecule has 0 spiro atoms. The zero-order valence-electron chi connectivity index (χ0n) is 20.6. The van der Waals surface area contributed by atoms with Gasteiger partial charge in [0, 0.05) is 17.8 Å². The minimum atomic E-state index is -1.26. The molecule has 2 aromatic carbocycles. The second-order valence-corrected chi connectivity index (χ2v) is 9.24. The van der Waals surface area contributed by atoms with Crippen molar-refractivity contribution in [2.45, 2.75) is 38.6 Å². The summed E-state index contributed by atoms with van der Waals surface area (Å²) in [6.07, 6.45) is 0. The van der Waals surface area contributed by atoms with Gasteiger partial charge >= 0.3 is 6.03 Å². The van der Waals surface area contributed by atoms with Gasteiger partial charge in [-0.25, -0.2) is 4.79 Å². The lowest BCUT2D eigenvalue weighted by molar-refractivity contribution is -0.133. The summed E-state index contributed by atoms with van der Waals surface area (Å²) in [7, 11) is 4.40. The molecule has 0 radical (unpaired) electrons. The highest BCUT2D eigenvalue weighted by Gasteiger charge is 2.49. The zero-order chi connectivity index (χ0) is 25.3. The number of anilines is 1. The maximum atomic E-state index is 13.2. The van der Waals surface area contributed by atoms with Gasteiger partial charge in [0.1, 0.15) is 12.1 Å². The molecule has 9 nitrogen and oxygen atoms in total. The first-order chi connectivity index (χ1) is 15.9. The number of amides is 4. The lowest BCUT2D eigenvalue weighted by Crippen LogP contribution is -2.42. The maximum Gasteiger partial charge on any atom is 0.325 e. The van der Waals surface area contributed by atoms with E-state index in [4.69, 9.17) is 14.2 Å². The summed E-state index contributed by atoms with van der Waals surface area (Å²) in [5.41, 5.74) is 0.816. The Labute approximate surface area is 199 Å². The van der Waals surface area contributed by atoms with E-state index in [0.717, 1.165) is 10.5 Å². The highest BCUT2D eigenvalue weighted by atomic mass is 16.5. The fraction of sp³-hybridized carbons (Fsp3) is 0.400. The van der Waals surface area contributed by atoms with E-state index in [1.165, 1.54) is 21.3 Å². The van der Waals surface area contributed by atoms with Crippen LogP contribution < -0.4 is 24.8 Å². The number of imide groups is 1. The molecule has 3 rings (SSSR count). The number of nitrogens with one attached hydrogen (secondary N) is 2. The SMILES string of the molecule is COc1cc(NC(=O)CN2C(=O)NC(C)(c3ccc(C(C)(C)C)cc3)C2=O)cc(OC)c1OC. The number of methoxy groups -OCH3 is 3. The Bertz CT molecular complexity index is 1080. The third-order valence-electron chi connectivity index (χ3n) is 5.85. The van der Waals surface area contributed by atoms with Gasteiger partial charge in [-0.3, -0.25) is 14.5 Å². The third-order valence-corrected chi connectivity index (χ3v) is 5.85. The molecule has 1 fully saturated rings. The standard InChI is InChI=1S/C25H31N3O6/c1-24(2,3)15-8-10-16(11-9-15)25(4)22(30)28(23(31)27-25)14-20(29)26-17-12-18(32-5)21(34-7)19(13-17)33-6/h8-13H,14H2,1-7H3,(H,26,29)(H,27,31). The molecule has 2 aromatic rings. The van der Waals surface area contributed by atoms with Crippen LogP contribution in [0.3, 0.4) is 0 Å². The summed E-state index contributed by atoms with van der Waals surface area (Å²) in [6.45, 7) is 7.48. The summed E-state index contributed by atoms with van der Waals surface area (Å²) >= 11 is 0. The smallest absolute Gasteiger partial charge is 0.325 e. The number of benzene rings is 2. The van der Waals surface area contributed by atoms with Gasteiger partial charge in [-0.15, -0.1) is 0 Å². The third kappa shape index (κ3) is 4.64. The van der Waals surface area contributed by atoms with Crippen LogP contribution in [0.25, 0.3) is 0 Å². The van der Waals surface area contributed by atoms with Crippen LogP contribution in [0.5, 0.6) is 17.2 Å². The van der Waals surface area contributed by atoms with E-state index < -0.39 is 29.9 Å². The molecule has 2 N–H and O–H groups in total. The second kappa shape index (κ2) is 9.24. The van der Waals surface area contributed by atoms with Crippen molar-refractivity contribution in [3.8, 4) is 17.2 Å². The molecule has 34 heavy (non-hydrogen) atoms. The molecule has 1 unspecified atom stereocenters. The van der Waals surface area contributed by atoms with Crippen molar-refractivity contribution >= 4 is 23.5 Å². The van der Waals surface area contributed by atoms with E-state index >= 15 is 0 Å². The van der Waals surface area contributed by atoms with Gasteiger partial charge in [-0.05, 0) is 23.5 Å². The van der Waals surface area contributed by atoms with Crippen LogP contribution in [0.2, 0.25) is 0 Å². The van der Waals surface area contributed by atoms with Crippen LogP contribution in [0.4, 0.5) is 10.5 Å². The van der Waals surface area contributed by atoms with Gasteiger partial charge in [0.2, 0.25) is 11.7 Å². The second-order valence-electron chi connectivity index (χ2n) is 9.24. The van der Waals surface area contributed by atoms with Crippen molar-refractivity contribution < 1.29 is 28.6 Å². The Morgan fingerprint density at radius 1 is 1.00 bits per heavy atom. The Balaban J connectivity index is 1.77. The van der Waals surface area contributed by atoms with Crippen molar-refractivity contribution in [1.29, 1.82) is 0 Å². The van der Waals surface area contributed by atoms with Crippen LogP contribution in [-0.4, -0.2) is 50.6 Å². The van der Waals surface area contributed by atoms with Crippen molar-refractivity contribution in [2.75, 3.05) is 33.2 Å². The normalized spacial score (nSPS) is 17.9. The summed E-state index contributed by atoms with van der Waals surface area (Å²) in [4.78, 5) is 39.5. The summed E-state index contributed by atoms with van der Waals surface area (Å²) in [5.74, 6) is 0.0494. The van der Waals surface area contributed by atoms with Crippen molar-refractivity contribution in [3.05, 3.63) is 47.5 Å². The number of carbonyl (C=O) groups excluding carboxylic acids is 3. The number of urea groups is 1. The van der Waals surface area contributed by atoms with E-state index in [0.29, 0.717) is 28.5 Å². The van der Waals surface area contributed by atoms with Gasteiger partial charge in [-0.1, -0.05) is 45.0 Å². The minimum Gasteiger partial charge on any atom is -0.493 e. The van der Waals surface area contributed by atoms with E-state index in [1.807, 2.05) is 24.3 Å². The average molecular weight is 470 g/mol. The Morgan fingerprint density at radius 3 is 2.03 bits per heavy atom. The molecule has 1 heterocycles. The fourth-order valence-electron chi connectivity index (χ4n) is 3.84. The first kappa shape index (κ1) is 24.9. The average Bonchev–Trinajstić information content (AvgIpc) is 3.01. The van der Waals surface area contributed by atoms with Crippen LogP contribution in [0.15, 0.2) is 36.4 Å². The van der Waals surface area contributed by atoms with E-state index in [-0.39, 0.29) is 5.41 Å². The first-order valence-corrected chi connectivity index (χ1v) is 10.8. The number of ether oxygens (including phenoxy) is 3. The van der Waals surface area contributed by atoms with Crippen LogP contribution in [0.1, 0.15) is 38.8 Å². The van der Waals surface area contributed by atoms with Crippen molar-refractivity contribution in [3.63, 3.8) is 0 Å². The first-order valence-electron chi connectivity index (χ1n) is 10.8. The molecule has 0 aliphatic carbocycles. The molecule has 0 aromatic heterocycles. The molecule has 0 bridgehead atoms. The van der Waals surface area contributed by atoms with Gasteiger partial charge in [0.15, 0.2) is 11.5 Å². The van der Waals surface area contributed by atoms with Crippen molar-refractivity contribution in [1.82, 2.24) is 10.2 Å². The van der Waals surface area contributed by atoms with Gasteiger partial charge in [0.05, 0.1) is 21.3 Å². The predicted molar refractivity (Wildman–Crippen MR) is 127 cm³/mol. The summed E-state index contributed by atoms with van der Waals surface area (Å²) in [6, 6.07) is 10.0. The largest absolute Gasteiger partial charge is 0.493 e. The maximum absolute atomic E-state index is 13.2. The lowest BCUT2D eigenvalue weighted by Gasteiger charge is -2.24. The van der Waals surface area contributed by atoms with Crippen LogP contribution in [-0.2, 0) is 20.5 Å². The monoisotopic (exact) mass is 469 g/mol. The fourth-order valence-corrected chi connectivity index (χ4v) is 3.84. The summed E-state index contributed by atoms with van der Waals surface area (Å²) in [5, 5.41) is 5.40. The predicted octanol–water partition coefficient (Wildman–Crippen LogP) is 3.42. The number of hydrogen-bond donors (Lipinski definition) is 2. The molecule has 1 atom stereocenters. The molecular weight excluding hydrogens is 438 g/mol. The van der Waals surface area contributed by atoms with E-state index in [9.17, 15) is 14.4 Å². The molecule has 1 aliphatic rings.